The van der Waals surface area contributed by atoms with Gasteiger partial charge in [0.15, 0.2) is 0 Å². The van der Waals surface area contributed by atoms with Crippen LogP contribution in [-0.4, -0.2) is 43.0 Å². The number of ether oxygens (including phenoxy) is 1. The lowest BCUT2D eigenvalue weighted by molar-refractivity contribution is 0.0303. The molecular formula is C18H16Cl2N2O3. The Morgan fingerprint density at radius 3 is 2.48 bits per heavy atom. The van der Waals surface area contributed by atoms with Crippen LogP contribution in [0.4, 0.5) is 5.69 Å². The van der Waals surface area contributed by atoms with Crippen molar-refractivity contribution < 1.29 is 14.3 Å². The molecule has 1 heterocycles. The van der Waals surface area contributed by atoms with Crippen molar-refractivity contribution >= 4 is 40.7 Å². The maximum atomic E-state index is 12.6. The van der Waals surface area contributed by atoms with Crippen LogP contribution in [-0.2, 0) is 4.74 Å². The third kappa shape index (κ3) is 4.31. The van der Waals surface area contributed by atoms with E-state index in [4.69, 9.17) is 27.9 Å². The molecule has 0 aliphatic carbocycles. The SMILES string of the molecule is O=C(Nc1cc(C(=O)N2CCOCC2)ccc1Cl)c1cccc(Cl)c1. The number of hydrogen-bond donors (Lipinski definition) is 1. The molecule has 0 bridgehead atoms. The van der Waals surface area contributed by atoms with E-state index >= 15 is 0 Å². The van der Waals surface area contributed by atoms with Crippen molar-refractivity contribution in [2.75, 3.05) is 31.6 Å². The van der Waals surface area contributed by atoms with Crippen LogP contribution in [0.3, 0.4) is 0 Å². The number of carbonyl (C=O) groups is 2. The maximum Gasteiger partial charge on any atom is 0.255 e. The minimum Gasteiger partial charge on any atom is -0.378 e. The predicted octanol–water partition coefficient (Wildman–Crippen LogP) is 3.72. The van der Waals surface area contributed by atoms with E-state index < -0.39 is 0 Å². The van der Waals surface area contributed by atoms with Crippen LogP contribution >= 0.6 is 23.2 Å². The quantitative estimate of drug-likeness (QED) is 0.885. The molecule has 1 aliphatic rings. The summed E-state index contributed by atoms with van der Waals surface area (Å²) in [5, 5.41) is 3.55. The fraction of sp³-hybridized carbons (Fsp3) is 0.222. The molecule has 0 atom stereocenters. The maximum absolute atomic E-state index is 12.6. The average Bonchev–Trinajstić information content (AvgIpc) is 2.63. The highest BCUT2D eigenvalue weighted by atomic mass is 35.5. The third-order valence-corrected chi connectivity index (χ3v) is 4.41. The summed E-state index contributed by atoms with van der Waals surface area (Å²) >= 11 is 12.1. The lowest BCUT2D eigenvalue weighted by atomic mass is 10.1. The fourth-order valence-corrected chi connectivity index (χ4v) is 2.88. The van der Waals surface area contributed by atoms with Crippen molar-refractivity contribution in [3.63, 3.8) is 0 Å². The number of rotatable bonds is 3. The molecular weight excluding hydrogens is 363 g/mol. The van der Waals surface area contributed by atoms with Crippen molar-refractivity contribution in [2.45, 2.75) is 0 Å². The highest BCUT2D eigenvalue weighted by molar-refractivity contribution is 6.34. The first kappa shape index (κ1) is 17.7. The van der Waals surface area contributed by atoms with Crippen molar-refractivity contribution in [3.05, 3.63) is 63.6 Å². The summed E-state index contributed by atoms with van der Waals surface area (Å²) in [5.41, 5.74) is 1.26. The Labute approximate surface area is 155 Å². The van der Waals surface area contributed by atoms with Crippen molar-refractivity contribution in [1.29, 1.82) is 0 Å². The number of carbonyl (C=O) groups excluding carboxylic acids is 2. The smallest absolute Gasteiger partial charge is 0.255 e. The standard InChI is InChI=1S/C18H16Cl2N2O3/c19-14-3-1-2-12(10-14)17(23)21-16-11-13(4-5-15(16)20)18(24)22-6-8-25-9-7-22/h1-5,10-11H,6-9H2,(H,21,23). The van der Waals surface area contributed by atoms with Gasteiger partial charge in [-0.15, -0.1) is 0 Å². The Kier molecular flexibility index (Phi) is 5.58. The van der Waals surface area contributed by atoms with Gasteiger partial charge < -0.3 is 15.0 Å². The normalized spacial score (nSPS) is 14.2. The van der Waals surface area contributed by atoms with Gasteiger partial charge in [0.05, 0.1) is 23.9 Å². The Hall–Kier alpha value is -2.08. The van der Waals surface area contributed by atoms with E-state index in [2.05, 4.69) is 5.32 Å². The van der Waals surface area contributed by atoms with E-state index in [-0.39, 0.29) is 11.8 Å². The molecule has 25 heavy (non-hydrogen) atoms. The molecule has 130 valence electrons. The number of halogens is 2. The van der Waals surface area contributed by atoms with E-state index in [0.29, 0.717) is 53.2 Å². The monoisotopic (exact) mass is 378 g/mol. The summed E-state index contributed by atoms with van der Waals surface area (Å²) in [6.45, 7) is 2.15. The first-order chi connectivity index (χ1) is 12.0. The minimum absolute atomic E-state index is 0.113. The molecule has 5 nitrogen and oxygen atoms in total. The topological polar surface area (TPSA) is 58.6 Å². The van der Waals surface area contributed by atoms with Crippen LogP contribution in [0.2, 0.25) is 10.0 Å². The molecule has 7 heteroatoms. The molecule has 2 aromatic carbocycles. The molecule has 0 saturated carbocycles. The molecule has 1 saturated heterocycles. The molecule has 1 fully saturated rings. The second kappa shape index (κ2) is 7.87. The van der Waals surface area contributed by atoms with Gasteiger partial charge in [-0.2, -0.15) is 0 Å². The van der Waals surface area contributed by atoms with Crippen LogP contribution in [0, 0.1) is 0 Å². The minimum atomic E-state index is -0.347. The summed E-state index contributed by atoms with van der Waals surface area (Å²) in [6.07, 6.45) is 0. The Balaban J connectivity index is 1.79. The van der Waals surface area contributed by atoms with E-state index in [9.17, 15) is 9.59 Å². The van der Waals surface area contributed by atoms with Gasteiger partial charge in [-0.25, -0.2) is 0 Å². The molecule has 0 aromatic heterocycles. The molecule has 2 aromatic rings. The second-order valence-electron chi connectivity index (χ2n) is 5.56. The van der Waals surface area contributed by atoms with Crippen LogP contribution < -0.4 is 5.32 Å². The lowest BCUT2D eigenvalue weighted by Crippen LogP contribution is -2.40. The summed E-state index contributed by atoms with van der Waals surface area (Å²) in [4.78, 5) is 26.6. The van der Waals surface area contributed by atoms with Crippen LogP contribution in [0.15, 0.2) is 42.5 Å². The summed E-state index contributed by atoms with van der Waals surface area (Å²) in [6, 6.07) is 11.4. The molecule has 2 amide bonds. The zero-order valence-electron chi connectivity index (χ0n) is 13.3. The van der Waals surface area contributed by atoms with Gasteiger partial charge in [0.1, 0.15) is 0 Å². The highest BCUT2D eigenvalue weighted by Crippen LogP contribution is 2.25. The van der Waals surface area contributed by atoms with E-state index in [1.165, 1.54) is 0 Å². The zero-order valence-corrected chi connectivity index (χ0v) is 14.8. The molecule has 0 spiro atoms. The number of hydrogen-bond acceptors (Lipinski definition) is 3. The number of anilines is 1. The zero-order chi connectivity index (χ0) is 17.8. The number of benzene rings is 2. The van der Waals surface area contributed by atoms with Gasteiger partial charge in [-0.1, -0.05) is 29.3 Å². The van der Waals surface area contributed by atoms with Gasteiger partial charge in [0, 0.05) is 29.2 Å². The average molecular weight is 379 g/mol. The molecule has 3 rings (SSSR count). The van der Waals surface area contributed by atoms with Crippen molar-refractivity contribution in [2.24, 2.45) is 0 Å². The van der Waals surface area contributed by atoms with Gasteiger partial charge >= 0.3 is 0 Å². The van der Waals surface area contributed by atoms with E-state index in [1.54, 1.807) is 47.4 Å². The van der Waals surface area contributed by atoms with Crippen molar-refractivity contribution in [3.8, 4) is 0 Å². The summed E-state index contributed by atoms with van der Waals surface area (Å²) < 4.78 is 5.26. The fourth-order valence-electron chi connectivity index (χ4n) is 2.53. The first-order valence-corrected chi connectivity index (χ1v) is 8.53. The van der Waals surface area contributed by atoms with E-state index in [1.807, 2.05) is 0 Å². The van der Waals surface area contributed by atoms with Crippen molar-refractivity contribution in [1.82, 2.24) is 4.90 Å². The first-order valence-electron chi connectivity index (χ1n) is 7.78. The van der Waals surface area contributed by atoms with Gasteiger partial charge in [-0.05, 0) is 36.4 Å². The van der Waals surface area contributed by atoms with Crippen LogP contribution in [0.1, 0.15) is 20.7 Å². The largest absolute Gasteiger partial charge is 0.378 e. The van der Waals surface area contributed by atoms with Crippen LogP contribution in [0.25, 0.3) is 0 Å². The Bertz CT molecular complexity index is 805. The molecule has 1 N–H and O–H groups in total. The predicted molar refractivity (Wildman–Crippen MR) is 97.6 cm³/mol. The molecule has 0 radical (unpaired) electrons. The molecule has 1 aliphatic heterocycles. The Morgan fingerprint density at radius 1 is 1.00 bits per heavy atom. The third-order valence-electron chi connectivity index (χ3n) is 3.85. The van der Waals surface area contributed by atoms with Crippen LogP contribution in [0.5, 0.6) is 0 Å². The highest BCUT2D eigenvalue weighted by Gasteiger charge is 2.20. The molecule has 0 unspecified atom stereocenters. The lowest BCUT2D eigenvalue weighted by Gasteiger charge is -2.27. The Morgan fingerprint density at radius 2 is 1.76 bits per heavy atom. The van der Waals surface area contributed by atoms with E-state index in [0.717, 1.165) is 0 Å². The summed E-state index contributed by atoms with van der Waals surface area (Å²) in [7, 11) is 0. The number of nitrogens with one attached hydrogen (secondary N) is 1. The van der Waals surface area contributed by atoms with Gasteiger partial charge in [-0.3, -0.25) is 9.59 Å². The van der Waals surface area contributed by atoms with Gasteiger partial charge in [0.2, 0.25) is 0 Å². The number of morpholine rings is 1. The second-order valence-corrected chi connectivity index (χ2v) is 6.41. The summed E-state index contributed by atoms with van der Waals surface area (Å²) in [5.74, 6) is -0.460. The van der Waals surface area contributed by atoms with Gasteiger partial charge in [0.25, 0.3) is 11.8 Å². The number of amides is 2. The number of nitrogens with zero attached hydrogens (tertiary/aromatic N) is 1.